The molecule has 0 spiro atoms. The topological polar surface area (TPSA) is 77.0 Å². The Bertz CT molecular complexity index is 506. The van der Waals surface area contributed by atoms with E-state index in [0.717, 1.165) is 26.1 Å². The van der Waals surface area contributed by atoms with Gasteiger partial charge in [-0.3, -0.25) is 4.99 Å². The quantitative estimate of drug-likeness (QED) is 0.318. The highest BCUT2D eigenvalue weighted by Gasteiger charge is 2.18. The van der Waals surface area contributed by atoms with E-state index in [9.17, 15) is 8.42 Å². The summed E-state index contributed by atoms with van der Waals surface area (Å²) in [6, 6.07) is 0.685. The van der Waals surface area contributed by atoms with Crippen LogP contribution in [0.1, 0.15) is 53.4 Å². The number of hydrogen-bond donors (Lipinski definition) is 2. The molecule has 2 N–H and O–H groups in total. The van der Waals surface area contributed by atoms with Gasteiger partial charge in [0.1, 0.15) is 0 Å². The summed E-state index contributed by atoms with van der Waals surface area (Å²) >= 11 is 0. The molecule has 1 rings (SSSR count). The van der Waals surface area contributed by atoms with E-state index in [2.05, 4.69) is 27.4 Å². The second-order valence-electron chi connectivity index (χ2n) is 6.82. The first-order chi connectivity index (χ1) is 12.4. The van der Waals surface area contributed by atoms with Crippen LogP contribution in [-0.4, -0.2) is 81.2 Å². The Kier molecular flexibility index (Phi) is 11.2. The summed E-state index contributed by atoms with van der Waals surface area (Å²) in [5.41, 5.74) is 0. The molecule has 154 valence electrons. The van der Waals surface area contributed by atoms with Crippen molar-refractivity contribution in [2.45, 2.75) is 59.4 Å². The van der Waals surface area contributed by atoms with Gasteiger partial charge in [0.05, 0.1) is 5.75 Å². The van der Waals surface area contributed by atoms with E-state index in [1.165, 1.54) is 30.1 Å². The van der Waals surface area contributed by atoms with Crippen LogP contribution < -0.4 is 10.6 Å². The molecule has 0 aromatic heterocycles. The molecule has 0 aromatic carbocycles. The fourth-order valence-electron chi connectivity index (χ4n) is 3.34. The van der Waals surface area contributed by atoms with Gasteiger partial charge in [-0.15, -0.1) is 0 Å². The Balaban J connectivity index is 2.38. The second-order valence-corrected chi connectivity index (χ2v) is 8.91. The van der Waals surface area contributed by atoms with Crippen LogP contribution >= 0.6 is 0 Å². The lowest BCUT2D eigenvalue weighted by Gasteiger charge is -2.33. The molecule has 0 saturated carbocycles. The smallest absolute Gasteiger partial charge is 0.215 e. The summed E-state index contributed by atoms with van der Waals surface area (Å²) in [4.78, 5) is 7.14. The van der Waals surface area contributed by atoms with Gasteiger partial charge in [-0.05, 0) is 39.7 Å². The fraction of sp³-hybridized carbons (Fsp3) is 0.944. The molecule has 8 heteroatoms. The zero-order valence-electron chi connectivity index (χ0n) is 17.1. The van der Waals surface area contributed by atoms with Gasteiger partial charge in [-0.2, -0.15) is 0 Å². The Labute approximate surface area is 160 Å². The number of nitrogens with zero attached hydrogens (tertiary/aromatic N) is 3. The van der Waals surface area contributed by atoms with Crippen molar-refractivity contribution in [1.29, 1.82) is 0 Å². The van der Waals surface area contributed by atoms with E-state index in [1.54, 1.807) is 0 Å². The molecule has 7 nitrogen and oxygen atoms in total. The Hall–Kier alpha value is -0.860. The van der Waals surface area contributed by atoms with Crippen molar-refractivity contribution in [1.82, 2.24) is 19.8 Å². The second kappa shape index (κ2) is 12.5. The van der Waals surface area contributed by atoms with Gasteiger partial charge < -0.3 is 15.5 Å². The Morgan fingerprint density at radius 1 is 1.19 bits per heavy atom. The van der Waals surface area contributed by atoms with Crippen molar-refractivity contribution in [2.24, 2.45) is 4.99 Å². The normalized spacial score (nSPS) is 19.7. The van der Waals surface area contributed by atoms with Crippen LogP contribution in [0.25, 0.3) is 0 Å². The van der Waals surface area contributed by atoms with Crippen LogP contribution in [0, 0.1) is 0 Å². The molecule has 0 aliphatic carbocycles. The van der Waals surface area contributed by atoms with E-state index in [-0.39, 0.29) is 5.75 Å². The van der Waals surface area contributed by atoms with Gasteiger partial charge in [0.15, 0.2) is 5.96 Å². The molecule has 1 aliphatic rings. The van der Waals surface area contributed by atoms with Crippen molar-refractivity contribution >= 4 is 16.0 Å². The minimum Gasteiger partial charge on any atom is -0.357 e. The van der Waals surface area contributed by atoms with Crippen LogP contribution in [-0.2, 0) is 10.0 Å². The maximum absolute atomic E-state index is 12.2. The molecular weight excluding hydrogens is 350 g/mol. The monoisotopic (exact) mass is 389 g/mol. The molecular formula is C18H39N5O2S. The molecule has 1 heterocycles. The molecule has 1 fully saturated rings. The van der Waals surface area contributed by atoms with Crippen molar-refractivity contribution in [3.8, 4) is 0 Å². The zero-order chi connectivity index (χ0) is 19.4. The standard InChI is InChI=1S/C18H39N5O2S/c1-5-19-18(21-13-16-26(24,25)23(6-2)7-3)20-12-10-15-22-14-9-8-11-17(22)4/h17H,5-16H2,1-4H3,(H2,19,20,21). The SMILES string of the molecule is CCNC(=NCCCN1CCCCC1C)NCCS(=O)(=O)N(CC)CC. The highest BCUT2D eigenvalue weighted by Crippen LogP contribution is 2.16. The van der Waals surface area contributed by atoms with Crippen LogP contribution in [0.5, 0.6) is 0 Å². The molecule has 0 aromatic rings. The summed E-state index contributed by atoms with van der Waals surface area (Å²) in [7, 11) is -3.20. The van der Waals surface area contributed by atoms with Gasteiger partial charge in [-0.1, -0.05) is 20.3 Å². The largest absolute Gasteiger partial charge is 0.357 e. The number of guanidine groups is 1. The van der Waals surface area contributed by atoms with Gasteiger partial charge >= 0.3 is 0 Å². The fourth-order valence-corrected chi connectivity index (χ4v) is 4.75. The number of sulfonamides is 1. The number of piperidine rings is 1. The number of nitrogens with one attached hydrogen (secondary N) is 2. The van der Waals surface area contributed by atoms with Crippen molar-refractivity contribution in [2.75, 3.05) is 51.6 Å². The molecule has 1 atom stereocenters. The predicted octanol–water partition coefficient (Wildman–Crippen LogP) is 1.48. The summed E-state index contributed by atoms with van der Waals surface area (Å²) in [5, 5.41) is 6.34. The minimum atomic E-state index is -3.20. The minimum absolute atomic E-state index is 0.0877. The zero-order valence-corrected chi connectivity index (χ0v) is 17.9. The third-order valence-electron chi connectivity index (χ3n) is 4.91. The van der Waals surface area contributed by atoms with E-state index in [1.807, 2.05) is 20.8 Å². The van der Waals surface area contributed by atoms with Crippen LogP contribution in [0.3, 0.4) is 0 Å². The van der Waals surface area contributed by atoms with Crippen molar-refractivity contribution in [3.05, 3.63) is 0 Å². The highest BCUT2D eigenvalue weighted by atomic mass is 32.2. The summed E-state index contributed by atoms with van der Waals surface area (Å²) in [6.45, 7) is 13.2. The van der Waals surface area contributed by atoms with Gasteiger partial charge in [-0.25, -0.2) is 12.7 Å². The number of rotatable bonds is 11. The number of hydrogen-bond acceptors (Lipinski definition) is 4. The van der Waals surface area contributed by atoms with E-state index >= 15 is 0 Å². The molecule has 0 amide bonds. The van der Waals surface area contributed by atoms with Crippen molar-refractivity contribution < 1.29 is 8.42 Å². The predicted molar refractivity (Wildman–Crippen MR) is 110 cm³/mol. The van der Waals surface area contributed by atoms with Crippen LogP contribution in [0.4, 0.5) is 0 Å². The molecule has 1 unspecified atom stereocenters. The van der Waals surface area contributed by atoms with Gasteiger partial charge in [0, 0.05) is 45.3 Å². The first-order valence-electron chi connectivity index (χ1n) is 10.2. The molecule has 0 radical (unpaired) electrons. The summed E-state index contributed by atoms with van der Waals surface area (Å²) in [6.07, 6.45) is 4.98. The van der Waals surface area contributed by atoms with Crippen molar-refractivity contribution in [3.63, 3.8) is 0 Å². The molecule has 26 heavy (non-hydrogen) atoms. The summed E-state index contributed by atoms with van der Waals surface area (Å²) < 4.78 is 25.9. The lowest BCUT2D eigenvalue weighted by atomic mass is 10.0. The maximum Gasteiger partial charge on any atom is 0.215 e. The molecule has 1 aliphatic heterocycles. The van der Waals surface area contributed by atoms with Crippen LogP contribution in [0.2, 0.25) is 0 Å². The number of aliphatic imine (C=N–C) groups is 1. The number of likely N-dealkylation sites (tertiary alicyclic amines) is 1. The average Bonchev–Trinajstić information content (AvgIpc) is 2.60. The molecule has 1 saturated heterocycles. The average molecular weight is 390 g/mol. The van der Waals surface area contributed by atoms with Crippen LogP contribution in [0.15, 0.2) is 4.99 Å². The first-order valence-corrected chi connectivity index (χ1v) is 11.8. The third-order valence-corrected chi connectivity index (χ3v) is 6.93. The maximum atomic E-state index is 12.2. The third kappa shape index (κ3) is 8.22. The Morgan fingerprint density at radius 3 is 2.54 bits per heavy atom. The first kappa shape index (κ1) is 23.2. The lowest BCUT2D eigenvalue weighted by molar-refractivity contribution is 0.160. The van der Waals surface area contributed by atoms with Gasteiger partial charge in [0.2, 0.25) is 10.0 Å². The van der Waals surface area contributed by atoms with E-state index in [4.69, 9.17) is 0 Å². The van der Waals surface area contributed by atoms with Gasteiger partial charge in [0.25, 0.3) is 0 Å². The Morgan fingerprint density at radius 2 is 1.92 bits per heavy atom. The highest BCUT2D eigenvalue weighted by molar-refractivity contribution is 7.89. The van der Waals surface area contributed by atoms with E-state index in [0.29, 0.717) is 31.6 Å². The van der Waals surface area contributed by atoms with E-state index < -0.39 is 10.0 Å². The lowest BCUT2D eigenvalue weighted by Crippen LogP contribution is -2.42. The summed E-state index contributed by atoms with van der Waals surface area (Å²) in [5.74, 6) is 0.790. The molecule has 0 bridgehead atoms.